The molecule has 0 saturated heterocycles. The molecule has 0 spiro atoms. The van der Waals surface area contributed by atoms with Crippen LogP contribution in [0.15, 0.2) is 23.4 Å². The topological polar surface area (TPSA) is 96.9 Å². The lowest BCUT2D eigenvalue weighted by Gasteiger charge is -2.29. The summed E-state index contributed by atoms with van der Waals surface area (Å²) in [4.78, 5) is 12.2. The Bertz CT molecular complexity index is 607. The van der Waals surface area contributed by atoms with Crippen LogP contribution in [0.1, 0.15) is 45.7 Å². The fraction of sp³-hybridized carbons (Fsp3) is 0.500. The molecule has 7 heteroatoms. The predicted octanol–water partition coefficient (Wildman–Crippen LogP) is 2.13. The van der Waals surface area contributed by atoms with Gasteiger partial charge in [-0.1, -0.05) is 5.16 Å². The van der Waals surface area contributed by atoms with E-state index in [9.17, 15) is 9.18 Å². The first kappa shape index (κ1) is 18.9. The van der Waals surface area contributed by atoms with Gasteiger partial charge in [-0.25, -0.2) is 4.39 Å². The third-order valence-electron chi connectivity index (χ3n) is 3.00. The number of hydrogen-bond donors (Lipinski definition) is 3. The number of rotatable bonds is 5. The van der Waals surface area contributed by atoms with Gasteiger partial charge in [-0.2, -0.15) is 0 Å². The SMILES string of the molecule is CC(C)(C)OC(=O)C(C)(C)NCc1cc(F)cc(/C(N)=N\O)c1. The Kier molecular flexibility index (Phi) is 5.71. The fourth-order valence-electron chi connectivity index (χ4n) is 1.76. The first-order chi connectivity index (χ1) is 10.4. The molecule has 0 aliphatic carbocycles. The number of amidine groups is 1. The van der Waals surface area contributed by atoms with Crippen LogP contribution in [-0.4, -0.2) is 28.2 Å². The lowest BCUT2D eigenvalue weighted by molar-refractivity contribution is -0.161. The lowest BCUT2D eigenvalue weighted by atomic mass is 10.0. The predicted molar refractivity (Wildman–Crippen MR) is 85.7 cm³/mol. The van der Waals surface area contributed by atoms with Crippen LogP contribution in [-0.2, 0) is 16.1 Å². The van der Waals surface area contributed by atoms with Crippen LogP contribution in [0.5, 0.6) is 0 Å². The summed E-state index contributed by atoms with van der Waals surface area (Å²) in [5.41, 5.74) is 4.76. The molecule has 0 saturated carbocycles. The molecule has 128 valence electrons. The summed E-state index contributed by atoms with van der Waals surface area (Å²) in [7, 11) is 0. The summed E-state index contributed by atoms with van der Waals surface area (Å²) >= 11 is 0. The Hall–Kier alpha value is -2.15. The number of oxime groups is 1. The maximum atomic E-state index is 13.6. The summed E-state index contributed by atoms with van der Waals surface area (Å²) in [6.07, 6.45) is 0. The Labute approximate surface area is 135 Å². The van der Waals surface area contributed by atoms with Crippen LogP contribution in [0, 0.1) is 5.82 Å². The number of esters is 1. The van der Waals surface area contributed by atoms with Crippen molar-refractivity contribution in [3.05, 3.63) is 35.1 Å². The Morgan fingerprint density at radius 2 is 1.91 bits per heavy atom. The van der Waals surface area contributed by atoms with Crippen LogP contribution < -0.4 is 11.1 Å². The minimum atomic E-state index is -0.948. The molecule has 4 N–H and O–H groups in total. The molecule has 23 heavy (non-hydrogen) atoms. The molecule has 0 aromatic heterocycles. The van der Waals surface area contributed by atoms with Gasteiger partial charge in [0.15, 0.2) is 5.84 Å². The van der Waals surface area contributed by atoms with Crippen molar-refractivity contribution < 1.29 is 19.1 Å². The molecule has 0 heterocycles. The molecule has 0 fully saturated rings. The number of nitrogens with zero attached hydrogens (tertiary/aromatic N) is 1. The second-order valence-corrected chi connectivity index (χ2v) is 6.81. The standard InChI is InChI=1S/C16H24FN3O3/c1-15(2,3)23-14(21)16(4,5)19-9-10-6-11(13(18)20-22)8-12(17)7-10/h6-8,19,22H,9H2,1-5H3,(H2,18,20). The van der Waals surface area contributed by atoms with E-state index in [2.05, 4.69) is 10.5 Å². The molecule has 1 aromatic carbocycles. The van der Waals surface area contributed by atoms with Crippen molar-refractivity contribution >= 4 is 11.8 Å². The monoisotopic (exact) mass is 325 g/mol. The molecule has 0 aliphatic rings. The number of halogens is 1. The van der Waals surface area contributed by atoms with Crippen molar-refractivity contribution in [2.75, 3.05) is 0 Å². The number of carbonyl (C=O) groups is 1. The van der Waals surface area contributed by atoms with Gasteiger partial charge in [0.05, 0.1) is 0 Å². The zero-order valence-corrected chi connectivity index (χ0v) is 14.1. The van der Waals surface area contributed by atoms with Crippen molar-refractivity contribution in [1.82, 2.24) is 5.32 Å². The molecular formula is C16H24FN3O3. The van der Waals surface area contributed by atoms with Gasteiger partial charge in [-0.05, 0) is 58.4 Å². The van der Waals surface area contributed by atoms with Crippen molar-refractivity contribution in [3.63, 3.8) is 0 Å². The van der Waals surface area contributed by atoms with E-state index in [4.69, 9.17) is 15.7 Å². The van der Waals surface area contributed by atoms with E-state index < -0.39 is 22.9 Å². The quantitative estimate of drug-likeness (QED) is 0.253. The summed E-state index contributed by atoms with van der Waals surface area (Å²) in [6, 6.07) is 4.06. The van der Waals surface area contributed by atoms with Crippen molar-refractivity contribution in [2.24, 2.45) is 10.9 Å². The Morgan fingerprint density at radius 1 is 1.30 bits per heavy atom. The van der Waals surface area contributed by atoms with E-state index in [0.29, 0.717) is 5.56 Å². The highest BCUT2D eigenvalue weighted by atomic mass is 19.1. The molecule has 0 atom stereocenters. The van der Waals surface area contributed by atoms with Gasteiger partial charge in [0.1, 0.15) is 17.0 Å². The molecule has 1 aromatic rings. The molecule has 0 bridgehead atoms. The zero-order valence-electron chi connectivity index (χ0n) is 14.1. The minimum absolute atomic E-state index is 0.183. The maximum Gasteiger partial charge on any atom is 0.326 e. The number of nitrogens with one attached hydrogen (secondary N) is 1. The van der Waals surface area contributed by atoms with Crippen LogP contribution in [0.2, 0.25) is 0 Å². The number of benzene rings is 1. The average molecular weight is 325 g/mol. The molecule has 0 aliphatic heterocycles. The maximum absolute atomic E-state index is 13.6. The highest BCUT2D eigenvalue weighted by molar-refractivity contribution is 5.97. The highest BCUT2D eigenvalue weighted by Crippen LogP contribution is 2.16. The first-order valence-corrected chi connectivity index (χ1v) is 7.20. The van der Waals surface area contributed by atoms with E-state index in [1.54, 1.807) is 40.7 Å². The summed E-state index contributed by atoms with van der Waals surface area (Å²) < 4.78 is 19.0. The van der Waals surface area contributed by atoms with Crippen molar-refractivity contribution in [3.8, 4) is 0 Å². The van der Waals surface area contributed by atoms with Crippen molar-refractivity contribution in [1.29, 1.82) is 0 Å². The second kappa shape index (κ2) is 6.95. The molecule has 0 unspecified atom stereocenters. The molecular weight excluding hydrogens is 301 g/mol. The van der Waals surface area contributed by atoms with Crippen LogP contribution >= 0.6 is 0 Å². The zero-order chi connectivity index (χ0) is 17.8. The van der Waals surface area contributed by atoms with Gasteiger partial charge in [-0.3, -0.25) is 10.1 Å². The Balaban J connectivity index is 2.85. The fourth-order valence-corrected chi connectivity index (χ4v) is 1.76. The molecule has 0 amide bonds. The van der Waals surface area contributed by atoms with Gasteiger partial charge in [0.2, 0.25) is 0 Å². The van der Waals surface area contributed by atoms with Gasteiger partial charge < -0.3 is 15.7 Å². The van der Waals surface area contributed by atoms with Gasteiger partial charge in [0, 0.05) is 12.1 Å². The third-order valence-corrected chi connectivity index (χ3v) is 3.00. The van der Waals surface area contributed by atoms with Gasteiger partial charge in [-0.15, -0.1) is 0 Å². The second-order valence-electron chi connectivity index (χ2n) is 6.81. The molecule has 1 rings (SSSR count). The largest absolute Gasteiger partial charge is 0.459 e. The van der Waals surface area contributed by atoms with E-state index in [-0.39, 0.29) is 17.9 Å². The van der Waals surface area contributed by atoms with Crippen LogP contribution in [0.4, 0.5) is 4.39 Å². The van der Waals surface area contributed by atoms with E-state index in [1.807, 2.05) is 0 Å². The van der Waals surface area contributed by atoms with Gasteiger partial charge >= 0.3 is 5.97 Å². The highest BCUT2D eigenvalue weighted by Gasteiger charge is 2.32. The van der Waals surface area contributed by atoms with Crippen LogP contribution in [0.25, 0.3) is 0 Å². The summed E-state index contributed by atoms with van der Waals surface area (Å²) in [5, 5.41) is 14.5. The van der Waals surface area contributed by atoms with Crippen LogP contribution in [0.3, 0.4) is 0 Å². The Morgan fingerprint density at radius 3 is 2.43 bits per heavy atom. The lowest BCUT2D eigenvalue weighted by Crippen LogP contribution is -2.49. The van der Waals surface area contributed by atoms with E-state index in [1.165, 1.54) is 6.07 Å². The number of hydrogen-bond acceptors (Lipinski definition) is 5. The summed E-state index contributed by atoms with van der Waals surface area (Å²) in [5.74, 6) is -1.10. The first-order valence-electron chi connectivity index (χ1n) is 7.20. The molecule has 6 nitrogen and oxygen atoms in total. The van der Waals surface area contributed by atoms with Crippen molar-refractivity contribution in [2.45, 2.75) is 52.3 Å². The summed E-state index contributed by atoms with van der Waals surface area (Å²) in [6.45, 7) is 8.95. The third kappa shape index (κ3) is 5.86. The number of ether oxygens (including phenoxy) is 1. The normalized spacial score (nSPS) is 13.0. The molecule has 0 radical (unpaired) electrons. The van der Waals surface area contributed by atoms with E-state index in [0.717, 1.165) is 6.07 Å². The van der Waals surface area contributed by atoms with E-state index >= 15 is 0 Å². The smallest absolute Gasteiger partial charge is 0.326 e. The number of carbonyl (C=O) groups excluding carboxylic acids is 1. The number of nitrogens with two attached hydrogens (primary N) is 1. The minimum Gasteiger partial charge on any atom is -0.459 e. The average Bonchev–Trinajstić information content (AvgIpc) is 2.42. The van der Waals surface area contributed by atoms with Gasteiger partial charge in [0.25, 0.3) is 0 Å².